The summed E-state index contributed by atoms with van der Waals surface area (Å²) in [4.78, 5) is 28.2. The molecule has 0 heterocycles. The fourth-order valence-corrected chi connectivity index (χ4v) is 5.57. The molecule has 1 atom stereocenters. The summed E-state index contributed by atoms with van der Waals surface area (Å²) in [6.45, 7) is 2.02. The first-order valence-corrected chi connectivity index (χ1v) is 14.7. The molecule has 0 bridgehead atoms. The average molecular weight is 568 g/mol. The molecule has 3 aromatic rings. The Morgan fingerprint density at radius 1 is 1.00 bits per heavy atom. The largest absolute Gasteiger partial charge is 0.496 e. The molecule has 0 aliphatic heterocycles. The van der Waals surface area contributed by atoms with Crippen LogP contribution in [-0.2, 0) is 39.1 Å². The van der Waals surface area contributed by atoms with Gasteiger partial charge >= 0.3 is 0 Å². The molecule has 0 radical (unpaired) electrons. The van der Waals surface area contributed by atoms with Gasteiger partial charge in [-0.1, -0.05) is 42.5 Å². The summed E-state index contributed by atoms with van der Waals surface area (Å²) in [5.41, 5.74) is 2.30. The third-order valence-corrected chi connectivity index (χ3v) is 8.38. The molecule has 1 saturated carbocycles. The van der Waals surface area contributed by atoms with E-state index in [9.17, 15) is 22.4 Å². The van der Waals surface area contributed by atoms with Crippen molar-refractivity contribution in [1.82, 2.24) is 14.9 Å². The lowest BCUT2D eigenvalue weighted by Gasteiger charge is -2.29. The number of halogens is 1. The molecule has 0 unspecified atom stereocenters. The lowest BCUT2D eigenvalue weighted by molar-refractivity contribution is -0.140. The van der Waals surface area contributed by atoms with Crippen LogP contribution in [0.25, 0.3) is 0 Å². The predicted octanol–water partition coefficient (Wildman–Crippen LogP) is 3.94. The Morgan fingerprint density at radius 3 is 2.30 bits per heavy atom. The highest BCUT2D eigenvalue weighted by atomic mass is 32.2. The van der Waals surface area contributed by atoms with Crippen LogP contribution in [-0.4, -0.2) is 44.3 Å². The number of ether oxygens (including phenoxy) is 1. The van der Waals surface area contributed by atoms with E-state index in [0.717, 1.165) is 24.0 Å². The van der Waals surface area contributed by atoms with Crippen LogP contribution in [0.3, 0.4) is 0 Å². The maximum Gasteiger partial charge on any atom is 0.242 e. The topological polar surface area (TPSA) is 105 Å². The zero-order chi connectivity index (χ0) is 28.7. The number of methoxy groups -OCH3 is 1. The molecule has 2 N–H and O–H groups in total. The lowest BCUT2D eigenvalue weighted by Crippen LogP contribution is -2.47. The molecular weight excluding hydrogens is 533 g/mol. The molecule has 8 nitrogen and oxygen atoms in total. The van der Waals surface area contributed by atoms with E-state index in [-0.39, 0.29) is 48.1 Å². The Hall–Kier alpha value is -3.76. The number of amides is 2. The zero-order valence-electron chi connectivity index (χ0n) is 22.6. The molecule has 212 valence electrons. The fourth-order valence-electron chi connectivity index (χ4n) is 4.27. The molecule has 0 saturated heterocycles. The van der Waals surface area contributed by atoms with Gasteiger partial charge in [0.15, 0.2) is 0 Å². The summed E-state index contributed by atoms with van der Waals surface area (Å²) in [6.07, 6.45) is 2.18. The first kappa shape index (κ1) is 29.2. The highest BCUT2D eigenvalue weighted by Crippen LogP contribution is 2.23. The summed E-state index contributed by atoms with van der Waals surface area (Å²) in [5, 5.41) is 2.88. The summed E-state index contributed by atoms with van der Waals surface area (Å²) in [5.74, 6) is -0.325. The molecule has 0 spiro atoms. The molecule has 3 aromatic carbocycles. The molecule has 10 heteroatoms. The van der Waals surface area contributed by atoms with E-state index >= 15 is 0 Å². The van der Waals surface area contributed by atoms with Crippen molar-refractivity contribution in [3.05, 3.63) is 95.3 Å². The van der Waals surface area contributed by atoms with E-state index < -0.39 is 16.1 Å². The number of hydrogen-bond donors (Lipinski definition) is 2. The average Bonchev–Trinajstić information content (AvgIpc) is 3.77. The monoisotopic (exact) mass is 567 g/mol. The minimum atomic E-state index is -3.55. The maximum atomic E-state index is 13.5. The van der Waals surface area contributed by atoms with Crippen LogP contribution >= 0.6 is 0 Å². The highest BCUT2D eigenvalue weighted by molar-refractivity contribution is 7.89. The van der Waals surface area contributed by atoms with Gasteiger partial charge in [0.1, 0.15) is 17.6 Å². The SMILES string of the molecule is COc1ccccc1CNC(=O)[C@@H](C)N(Cc1ccc(F)cc1)C(=O)CCc1ccc(S(=O)(=O)NC2CC2)cc1. The van der Waals surface area contributed by atoms with Crippen LogP contribution in [0, 0.1) is 5.82 Å². The number of sulfonamides is 1. The third-order valence-electron chi connectivity index (χ3n) is 6.84. The first-order chi connectivity index (χ1) is 19.2. The van der Waals surface area contributed by atoms with E-state index in [2.05, 4.69) is 10.0 Å². The third kappa shape index (κ3) is 7.89. The number of para-hydroxylation sites is 1. The molecule has 40 heavy (non-hydrogen) atoms. The van der Waals surface area contributed by atoms with Gasteiger partial charge in [0.05, 0.1) is 12.0 Å². The van der Waals surface area contributed by atoms with Crippen LogP contribution in [0.5, 0.6) is 5.75 Å². The second kappa shape index (κ2) is 13.1. The van der Waals surface area contributed by atoms with Gasteiger partial charge in [-0.3, -0.25) is 9.59 Å². The van der Waals surface area contributed by atoms with Crippen LogP contribution in [0.1, 0.15) is 42.9 Å². The van der Waals surface area contributed by atoms with Crippen molar-refractivity contribution in [2.75, 3.05) is 7.11 Å². The van der Waals surface area contributed by atoms with E-state index in [1.807, 2.05) is 18.2 Å². The Morgan fingerprint density at radius 2 is 1.65 bits per heavy atom. The minimum Gasteiger partial charge on any atom is -0.496 e. The van der Waals surface area contributed by atoms with E-state index in [0.29, 0.717) is 17.7 Å². The number of nitrogens with one attached hydrogen (secondary N) is 2. The Balaban J connectivity index is 1.42. The quantitative estimate of drug-likeness (QED) is 0.326. The van der Waals surface area contributed by atoms with Crippen molar-refractivity contribution in [2.24, 2.45) is 0 Å². The summed E-state index contributed by atoms with van der Waals surface area (Å²) in [7, 11) is -1.99. The van der Waals surface area contributed by atoms with Gasteiger partial charge in [0, 0.05) is 31.1 Å². The summed E-state index contributed by atoms with van der Waals surface area (Å²) >= 11 is 0. The predicted molar refractivity (Wildman–Crippen MR) is 149 cm³/mol. The molecule has 1 fully saturated rings. The Kier molecular flexibility index (Phi) is 9.54. The van der Waals surface area contributed by atoms with Crippen LogP contribution in [0.4, 0.5) is 4.39 Å². The second-order valence-corrected chi connectivity index (χ2v) is 11.6. The van der Waals surface area contributed by atoms with Crippen molar-refractivity contribution in [2.45, 2.75) is 62.7 Å². The number of nitrogens with zero attached hydrogens (tertiary/aromatic N) is 1. The number of benzene rings is 3. The van der Waals surface area contributed by atoms with Crippen molar-refractivity contribution in [3.8, 4) is 5.75 Å². The molecular formula is C30H34FN3O5S. The van der Waals surface area contributed by atoms with Crippen LogP contribution in [0.15, 0.2) is 77.7 Å². The standard InChI is InChI=1S/C30H34FN3O5S/c1-21(30(36)32-19-24-5-3-4-6-28(24)39-2)34(20-23-7-12-25(31)13-8-23)29(35)18-11-22-9-16-27(17-10-22)40(37,38)33-26-14-15-26/h3-10,12-13,16-17,21,26,33H,11,14-15,18-20H2,1-2H3,(H,32,36)/t21-/m1/s1. The van der Waals surface area contributed by atoms with Crippen molar-refractivity contribution in [3.63, 3.8) is 0 Å². The van der Waals surface area contributed by atoms with Crippen molar-refractivity contribution < 1.29 is 27.1 Å². The van der Waals surface area contributed by atoms with Gasteiger partial charge in [0.25, 0.3) is 0 Å². The smallest absolute Gasteiger partial charge is 0.242 e. The maximum absolute atomic E-state index is 13.5. The molecule has 1 aliphatic rings. The Bertz CT molecular complexity index is 1420. The van der Waals surface area contributed by atoms with Crippen molar-refractivity contribution >= 4 is 21.8 Å². The van der Waals surface area contributed by atoms with E-state index in [4.69, 9.17) is 4.74 Å². The number of carbonyl (C=O) groups excluding carboxylic acids is 2. The number of aryl methyl sites for hydroxylation is 1. The van der Waals surface area contributed by atoms with Gasteiger partial charge in [0.2, 0.25) is 21.8 Å². The first-order valence-electron chi connectivity index (χ1n) is 13.2. The van der Waals surface area contributed by atoms with Gasteiger partial charge in [-0.2, -0.15) is 0 Å². The number of carbonyl (C=O) groups is 2. The molecule has 2 amide bonds. The van der Waals surface area contributed by atoms with Gasteiger partial charge in [-0.25, -0.2) is 17.5 Å². The van der Waals surface area contributed by atoms with Crippen molar-refractivity contribution in [1.29, 1.82) is 0 Å². The highest BCUT2D eigenvalue weighted by Gasteiger charge is 2.28. The van der Waals surface area contributed by atoms with Gasteiger partial charge < -0.3 is 15.0 Å². The van der Waals surface area contributed by atoms with E-state index in [1.165, 1.54) is 29.2 Å². The van der Waals surface area contributed by atoms with Gasteiger partial charge in [-0.05, 0) is 67.6 Å². The lowest BCUT2D eigenvalue weighted by atomic mass is 10.1. The molecule has 4 rings (SSSR count). The van der Waals surface area contributed by atoms with Crippen LogP contribution in [0.2, 0.25) is 0 Å². The Labute approximate surface area is 234 Å². The molecule has 1 aliphatic carbocycles. The number of rotatable bonds is 13. The normalized spacial score (nSPS) is 13.9. The summed E-state index contributed by atoms with van der Waals surface area (Å²) in [6, 6.07) is 18.8. The molecule has 0 aromatic heterocycles. The summed E-state index contributed by atoms with van der Waals surface area (Å²) < 4.78 is 46.3. The minimum absolute atomic E-state index is 0.0169. The zero-order valence-corrected chi connectivity index (χ0v) is 23.4. The number of hydrogen-bond acceptors (Lipinski definition) is 5. The van der Waals surface area contributed by atoms with E-state index in [1.54, 1.807) is 44.4 Å². The second-order valence-electron chi connectivity index (χ2n) is 9.89. The van der Waals surface area contributed by atoms with Gasteiger partial charge in [-0.15, -0.1) is 0 Å². The fraction of sp³-hybridized carbons (Fsp3) is 0.333. The van der Waals surface area contributed by atoms with Crippen LogP contribution < -0.4 is 14.8 Å².